The Morgan fingerprint density at radius 2 is 2.00 bits per heavy atom. The Hall–Kier alpha value is -1.79. The largest absolute Gasteiger partial charge is 0.393 e. The van der Waals surface area contributed by atoms with Crippen LogP contribution < -0.4 is 0 Å². The third-order valence-electron chi connectivity index (χ3n) is 4.06. The zero-order valence-corrected chi connectivity index (χ0v) is 13.8. The summed E-state index contributed by atoms with van der Waals surface area (Å²) in [6.07, 6.45) is 1.56. The van der Waals surface area contributed by atoms with Crippen molar-refractivity contribution in [2.45, 2.75) is 32.3 Å². The van der Waals surface area contributed by atoms with Crippen LogP contribution in [-0.2, 0) is 6.42 Å². The minimum atomic E-state index is -0.296. The Kier molecular flexibility index (Phi) is 4.73. The van der Waals surface area contributed by atoms with Crippen molar-refractivity contribution in [3.8, 4) is 0 Å². The number of amides is 1. The van der Waals surface area contributed by atoms with Crippen LogP contribution in [0.25, 0.3) is 0 Å². The van der Waals surface area contributed by atoms with Crippen LogP contribution in [-0.4, -0.2) is 40.1 Å². The van der Waals surface area contributed by atoms with Gasteiger partial charge in [-0.1, -0.05) is 12.1 Å². The Bertz CT molecular complexity index is 691. The standard InChI is InChI=1S/C17H19FN2O2S/c1-11-16(17(22)20-8-6-14(21)7-9-20)23-15(19-11)10-12-2-4-13(18)5-3-12/h2-5,14,21H,6-10H2,1H3. The van der Waals surface area contributed by atoms with E-state index >= 15 is 0 Å². The molecule has 0 aliphatic carbocycles. The second kappa shape index (κ2) is 6.76. The van der Waals surface area contributed by atoms with Gasteiger partial charge in [0.25, 0.3) is 5.91 Å². The van der Waals surface area contributed by atoms with E-state index in [4.69, 9.17) is 0 Å². The van der Waals surface area contributed by atoms with Crippen molar-refractivity contribution >= 4 is 17.2 Å². The van der Waals surface area contributed by atoms with E-state index in [2.05, 4.69) is 4.98 Å². The van der Waals surface area contributed by atoms with E-state index in [1.54, 1.807) is 17.0 Å². The molecule has 1 saturated heterocycles. The SMILES string of the molecule is Cc1nc(Cc2ccc(F)cc2)sc1C(=O)N1CCC(O)CC1. The first-order valence-corrected chi connectivity index (χ1v) is 8.52. The number of aromatic nitrogens is 1. The highest BCUT2D eigenvalue weighted by atomic mass is 32.1. The molecule has 1 fully saturated rings. The number of thiazole rings is 1. The van der Waals surface area contributed by atoms with E-state index in [1.165, 1.54) is 23.5 Å². The predicted molar refractivity (Wildman–Crippen MR) is 87.2 cm³/mol. The van der Waals surface area contributed by atoms with Gasteiger partial charge in [-0.25, -0.2) is 9.37 Å². The Morgan fingerprint density at radius 3 is 2.65 bits per heavy atom. The van der Waals surface area contributed by atoms with Gasteiger partial charge in [0.05, 0.1) is 16.8 Å². The molecule has 1 aliphatic heterocycles. The number of carbonyl (C=O) groups is 1. The summed E-state index contributed by atoms with van der Waals surface area (Å²) in [6.45, 7) is 3.02. The van der Waals surface area contributed by atoms with Crippen LogP contribution in [0.2, 0.25) is 0 Å². The maximum Gasteiger partial charge on any atom is 0.265 e. The number of halogens is 1. The number of benzene rings is 1. The highest BCUT2D eigenvalue weighted by Crippen LogP contribution is 2.24. The number of piperidine rings is 1. The van der Waals surface area contributed by atoms with Gasteiger partial charge < -0.3 is 10.0 Å². The van der Waals surface area contributed by atoms with Gasteiger partial charge in [-0.2, -0.15) is 0 Å². The molecule has 1 aromatic heterocycles. The van der Waals surface area contributed by atoms with E-state index in [-0.39, 0.29) is 17.8 Å². The van der Waals surface area contributed by atoms with Crippen LogP contribution in [0.1, 0.15) is 38.8 Å². The molecule has 2 aromatic rings. The number of rotatable bonds is 3. The summed E-state index contributed by atoms with van der Waals surface area (Å²) in [7, 11) is 0. The fourth-order valence-corrected chi connectivity index (χ4v) is 3.78. The van der Waals surface area contributed by atoms with Gasteiger partial charge in [0.2, 0.25) is 0 Å². The first kappa shape index (κ1) is 16.1. The first-order valence-electron chi connectivity index (χ1n) is 7.71. The van der Waals surface area contributed by atoms with Crippen LogP contribution in [0.3, 0.4) is 0 Å². The molecule has 0 atom stereocenters. The average Bonchev–Trinajstić information content (AvgIpc) is 2.90. The molecule has 122 valence electrons. The lowest BCUT2D eigenvalue weighted by Crippen LogP contribution is -2.39. The molecular weight excluding hydrogens is 315 g/mol. The summed E-state index contributed by atoms with van der Waals surface area (Å²) < 4.78 is 13.0. The minimum Gasteiger partial charge on any atom is -0.393 e. The zero-order valence-electron chi connectivity index (χ0n) is 13.0. The molecular formula is C17H19FN2O2S. The Labute approximate surface area is 138 Å². The molecule has 6 heteroatoms. The lowest BCUT2D eigenvalue weighted by molar-refractivity contribution is 0.0550. The maximum atomic E-state index is 13.0. The summed E-state index contributed by atoms with van der Waals surface area (Å²) in [5.41, 5.74) is 1.71. The van der Waals surface area contributed by atoms with Crippen LogP contribution in [0, 0.1) is 12.7 Å². The fourth-order valence-electron chi connectivity index (χ4n) is 2.72. The van der Waals surface area contributed by atoms with E-state index in [1.807, 2.05) is 6.92 Å². The van der Waals surface area contributed by atoms with Crippen molar-refractivity contribution in [2.75, 3.05) is 13.1 Å². The molecule has 2 heterocycles. The summed E-state index contributed by atoms with van der Waals surface area (Å²) in [5, 5.41) is 10.4. The summed E-state index contributed by atoms with van der Waals surface area (Å²) in [4.78, 5) is 19.5. The van der Waals surface area contributed by atoms with E-state index in [0.717, 1.165) is 16.3 Å². The molecule has 0 bridgehead atoms. The van der Waals surface area contributed by atoms with Gasteiger partial charge in [-0.15, -0.1) is 11.3 Å². The van der Waals surface area contributed by atoms with Crippen molar-refractivity contribution in [3.05, 3.63) is 51.2 Å². The molecule has 0 spiro atoms. The number of hydrogen-bond donors (Lipinski definition) is 1. The summed E-state index contributed by atoms with van der Waals surface area (Å²) in [5.74, 6) is -0.260. The first-order chi connectivity index (χ1) is 11.0. The number of nitrogens with zero attached hydrogens (tertiary/aromatic N) is 2. The maximum absolute atomic E-state index is 13.0. The number of likely N-dealkylation sites (tertiary alicyclic amines) is 1. The number of carbonyl (C=O) groups excluding carboxylic acids is 1. The third-order valence-corrected chi connectivity index (χ3v) is 5.20. The molecule has 0 saturated carbocycles. The van der Waals surface area contributed by atoms with Crippen LogP contribution in [0.15, 0.2) is 24.3 Å². The number of aliphatic hydroxyl groups is 1. The molecule has 1 amide bonds. The Balaban J connectivity index is 1.72. The minimum absolute atomic E-state index is 0.00254. The number of hydrogen-bond acceptors (Lipinski definition) is 4. The third kappa shape index (κ3) is 3.76. The molecule has 0 radical (unpaired) electrons. The lowest BCUT2D eigenvalue weighted by Gasteiger charge is -2.29. The van der Waals surface area contributed by atoms with E-state index in [9.17, 15) is 14.3 Å². The summed E-state index contributed by atoms with van der Waals surface area (Å²) in [6, 6.07) is 6.33. The number of aryl methyl sites for hydroxylation is 1. The summed E-state index contributed by atoms with van der Waals surface area (Å²) >= 11 is 1.40. The van der Waals surface area contributed by atoms with Crippen LogP contribution in [0.5, 0.6) is 0 Å². The fraction of sp³-hybridized carbons (Fsp3) is 0.412. The second-order valence-corrected chi connectivity index (χ2v) is 6.93. The quantitative estimate of drug-likeness (QED) is 0.939. The highest BCUT2D eigenvalue weighted by Gasteiger charge is 2.25. The molecule has 1 aromatic carbocycles. The normalized spacial score (nSPS) is 15.9. The highest BCUT2D eigenvalue weighted by molar-refractivity contribution is 7.13. The van der Waals surface area contributed by atoms with Crippen molar-refractivity contribution in [2.24, 2.45) is 0 Å². The van der Waals surface area contributed by atoms with Gasteiger partial charge in [0.15, 0.2) is 0 Å². The Morgan fingerprint density at radius 1 is 1.35 bits per heavy atom. The molecule has 4 nitrogen and oxygen atoms in total. The lowest BCUT2D eigenvalue weighted by atomic mass is 10.1. The van der Waals surface area contributed by atoms with Crippen molar-refractivity contribution in [3.63, 3.8) is 0 Å². The topological polar surface area (TPSA) is 53.4 Å². The van der Waals surface area contributed by atoms with Crippen molar-refractivity contribution < 1.29 is 14.3 Å². The van der Waals surface area contributed by atoms with Gasteiger partial charge >= 0.3 is 0 Å². The van der Waals surface area contributed by atoms with Gasteiger partial charge in [-0.05, 0) is 37.5 Å². The average molecular weight is 334 g/mol. The molecule has 0 unspecified atom stereocenters. The molecule has 23 heavy (non-hydrogen) atoms. The van der Waals surface area contributed by atoms with Gasteiger partial charge in [0, 0.05) is 19.5 Å². The van der Waals surface area contributed by atoms with Crippen LogP contribution >= 0.6 is 11.3 Å². The smallest absolute Gasteiger partial charge is 0.265 e. The predicted octanol–water partition coefficient (Wildman–Crippen LogP) is 2.78. The molecule has 1 N–H and O–H groups in total. The van der Waals surface area contributed by atoms with Crippen LogP contribution in [0.4, 0.5) is 4.39 Å². The molecule has 1 aliphatic rings. The zero-order chi connectivity index (χ0) is 16.4. The molecule has 3 rings (SSSR count). The van der Waals surface area contributed by atoms with E-state index < -0.39 is 0 Å². The number of aliphatic hydroxyl groups excluding tert-OH is 1. The van der Waals surface area contributed by atoms with Gasteiger partial charge in [-0.3, -0.25) is 4.79 Å². The van der Waals surface area contributed by atoms with E-state index in [0.29, 0.717) is 37.2 Å². The van der Waals surface area contributed by atoms with Crippen molar-refractivity contribution in [1.82, 2.24) is 9.88 Å². The monoisotopic (exact) mass is 334 g/mol. The second-order valence-electron chi connectivity index (χ2n) is 5.85. The van der Waals surface area contributed by atoms with Crippen molar-refractivity contribution in [1.29, 1.82) is 0 Å². The van der Waals surface area contributed by atoms with Gasteiger partial charge in [0.1, 0.15) is 10.7 Å².